The van der Waals surface area contributed by atoms with E-state index < -0.39 is 17.8 Å². The number of aromatic nitrogens is 3. The molecule has 1 aliphatic carbocycles. The molecule has 2 aromatic rings. The van der Waals surface area contributed by atoms with Gasteiger partial charge in [0.05, 0.1) is 10.7 Å². The first-order chi connectivity index (χ1) is 15.4. The molecule has 2 unspecified atom stereocenters. The fourth-order valence-corrected chi connectivity index (χ4v) is 4.18. The number of hydrogen-bond acceptors (Lipinski definition) is 8. The van der Waals surface area contributed by atoms with Crippen molar-refractivity contribution in [2.75, 3.05) is 10.6 Å². The summed E-state index contributed by atoms with van der Waals surface area (Å²) in [5.41, 5.74) is 0.163. The smallest absolute Gasteiger partial charge is 0.271 e. The number of allylic oxidation sites excluding steroid dienone is 2. The van der Waals surface area contributed by atoms with E-state index in [4.69, 9.17) is 11.6 Å². The van der Waals surface area contributed by atoms with Crippen LogP contribution in [0.2, 0.25) is 0 Å². The molecule has 0 bridgehead atoms. The predicted octanol–water partition coefficient (Wildman–Crippen LogP) is 1.60. The van der Waals surface area contributed by atoms with E-state index in [-0.39, 0.29) is 22.6 Å². The van der Waals surface area contributed by atoms with Gasteiger partial charge in [0.1, 0.15) is 29.3 Å². The summed E-state index contributed by atoms with van der Waals surface area (Å²) in [5.74, 6) is 0.283. The molecule has 4 heterocycles. The van der Waals surface area contributed by atoms with Crippen molar-refractivity contribution in [2.45, 2.75) is 31.7 Å². The third kappa shape index (κ3) is 3.47. The highest BCUT2D eigenvalue weighted by Gasteiger charge is 2.51. The van der Waals surface area contributed by atoms with Crippen molar-refractivity contribution in [2.24, 2.45) is 5.92 Å². The van der Waals surface area contributed by atoms with Crippen LogP contribution in [-0.2, 0) is 15.3 Å². The number of rotatable bonds is 5. The van der Waals surface area contributed by atoms with Crippen LogP contribution in [-0.4, -0.2) is 43.0 Å². The number of amides is 2. The number of halogens is 1. The molecule has 32 heavy (non-hydrogen) atoms. The van der Waals surface area contributed by atoms with E-state index in [0.717, 1.165) is 18.4 Å². The summed E-state index contributed by atoms with van der Waals surface area (Å²) in [7, 11) is 0. The summed E-state index contributed by atoms with van der Waals surface area (Å²) in [6.45, 7) is 1.78. The Labute approximate surface area is 188 Å². The lowest BCUT2D eigenvalue weighted by Gasteiger charge is -2.41. The summed E-state index contributed by atoms with van der Waals surface area (Å²) in [6.07, 6.45) is 6.55. The van der Waals surface area contributed by atoms with Gasteiger partial charge in [-0.3, -0.25) is 14.6 Å². The molecule has 164 valence electrons. The van der Waals surface area contributed by atoms with E-state index in [1.165, 1.54) is 17.3 Å². The number of carbonyl (C=O) groups excluding carboxylic acids is 2. The molecule has 10 nitrogen and oxygen atoms in total. The number of carbonyl (C=O) groups is 2. The van der Waals surface area contributed by atoms with Gasteiger partial charge in [-0.25, -0.2) is 9.97 Å². The molecule has 2 aliphatic heterocycles. The molecule has 2 aromatic heterocycles. The lowest BCUT2D eigenvalue weighted by Crippen LogP contribution is -2.52. The second-order valence-electron chi connectivity index (χ2n) is 7.98. The largest absolute Gasteiger partial charge is 0.368 e. The molecule has 0 spiro atoms. The quantitative estimate of drug-likeness (QED) is 0.536. The number of aliphatic hydroxyl groups is 1. The van der Waals surface area contributed by atoms with Crippen LogP contribution in [0.1, 0.15) is 25.3 Å². The van der Waals surface area contributed by atoms with Gasteiger partial charge < -0.3 is 26.0 Å². The lowest BCUT2D eigenvalue weighted by molar-refractivity contribution is -0.118. The minimum Gasteiger partial charge on any atom is -0.368 e. The molecule has 0 aromatic carbocycles. The highest BCUT2D eigenvalue weighted by atomic mass is 35.5. The predicted molar refractivity (Wildman–Crippen MR) is 116 cm³/mol. The van der Waals surface area contributed by atoms with Crippen LogP contribution in [0.3, 0.4) is 0 Å². The van der Waals surface area contributed by atoms with Crippen LogP contribution in [0.4, 0.5) is 11.6 Å². The molecule has 1 saturated carbocycles. The van der Waals surface area contributed by atoms with Crippen LogP contribution in [0, 0.1) is 5.92 Å². The van der Waals surface area contributed by atoms with Crippen LogP contribution in [0.5, 0.6) is 0 Å². The van der Waals surface area contributed by atoms with Gasteiger partial charge in [0, 0.05) is 29.9 Å². The zero-order valence-electron chi connectivity index (χ0n) is 17.0. The third-order valence-corrected chi connectivity index (χ3v) is 6.00. The van der Waals surface area contributed by atoms with Crippen molar-refractivity contribution in [3.8, 4) is 0 Å². The number of nitrogens with one attached hydrogen (secondary N) is 3. The van der Waals surface area contributed by atoms with E-state index in [9.17, 15) is 14.7 Å². The Kier molecular flexibility index (Phi) is 4.83. The molecular formula is C21H20ClN7O3. The van der Waals surface area contributed by atoms with Gasteiger partial charge in [-0.15, -0.1) is 0 Å². The second kappa shape index (κ2) is 7.57. The van der Waals surface area contributed by atoms with Gasteiger partial charge in [0.25, 0.3) is 5.91 Å². The average Bonchev–Trinajstić information content (AvgIpc) is 3.58. The Morgan fingerprint density at radius 2 is 2.00 bits per heavy atom. The fraction of sp³-hybridized carbons (Fsp3) is 0.286. The fourth-order valence-electron chi connectivity index (χ4n) is 3.89. The summed E-state index contributed by atoms with van der Waals surface area (Å²) >= 11 is 6.44. The lowest BCUT2D eigenvalue weighted by atomic mass is 10.00. The first-order valence-corrected chi connectivity index (χ1v) is 10.5. The number of aliphatic hydroxyl groups excluding tert-OH is 1. The van der Waals surface area contributed by atoms with Crippen LogP contribution in [0.15, 0.2) is 59.4 Å². The van der Waals surface area contributed by atoms with Crippen LogP contribution < -0.4 is 16.0 Å². The summed E-state index contributed by atoms with van der Waals surface area (Å²) in [4.78, 5) is 38.5. The molecule has 11 heteroatoms. The average molecular weight is 454 g/mol. The number of anilines is 2. The van der Waals surface area contributed by atoms with E-state index in [1.807, 2.05) is 0 Å². The van der Waals surface area contributed by atoms with Gasteiger partial charge in [-0.1, -0.05) is 11.6 Å². The monoisotopic (exact) mass is 453 g/mol. The number of hydrogen-bond donors (Lipinski definition) is 4. The van der Waals surface area contributed by atoms with E-state index in [0.29, 0.717) is 17.3 Å². The van der Waals surface area contributed by atoms with Crippen molar-refractivity contribution >= 4 is 35.1 Å². The molecule has 1 saturated heterocycles. The molecule has 3 aliphatic rings. The summed E-state index contributed by atoms with van der Waals surface area (Å²) < 4.78 is 0. The maximum Gasteiger partial charge on any atom is 0.271 e. The molecule has 2 amide bonds. The van der Waals surface area contributed by atoms with Crippen molar-refractivity contribution in [1.82, 2.24) is 25.2 Å². The third-order valence-electron chi connectivity index (χ3n) is 5.71. The zero-order valence-corrected chi connectivity index (χ0v) is 17.8. The van der Waals surface area contributed by atoms with Crippen molar-refractivity contribution < 1.29 is 14.7 Å². The standard InChI is InChI=1S/C21H20ClN7O3/c1-21(12-4-6-23-7-5-12)28-19(31)17-13(22)8-14(20(32)29(17)21)26-15-9-16(25-10-24-15)27-18(30)11-2-3-11/h4-11,20,32H,2-3H2,1H3,(H,28,31)(H2,24,25,26,27,30). The van der Waals surface area contributed by atoms with Crippen molar-refractivity contribution in [3.63, 3.8) is 0 Å². The van der Waals surface area contributed by atoms with Crippen molar-refractivity contribution in [1.29, 1.82) is 0 Å². The zero-order chi connectivity index (χ0) is 22.5. The first kappa shape index (κ1) is 20.4. The maximum absolute atomic E-state index is 12.7. The Morgan fingerprint density at radius 1 is 1.28 bits per heavy atom. The molecule has 5 rings (SSSR count). The SMILES string of the molecule is CC1(c2ccncc2)NC(=O)C2=C(Cl)C=C(Nc3cc(NC(=O)C4CC4)ncn3)C(O)N21. The van der Waals surface area contributed by atoms with Crippen LogP contribution in [0.25, 0.3) is 0 Å². The first-order valence-electron chi connectivity index (χ1n) is 10.1. The Hall–Kier alpha value is -3.50. The number of fused-ring (bicyclic) bond motifs is 1. The van der Waals surface area contributed by atoms with E-state index >= 15 is 0 Å². The minimum absolute atomic E-state index is 0.0395. The number of nitrogens with zero attached hydrogens (tertiary/aromatic N) is 4. The molecular weight excluding hydrogens is 434 g/mol. The second-order valence-corrected chi connectivity index (χ2v) is 8.39. The highest BCUT2D eigenvalue weighted by molar-refractivity contribution is 6.33. The Bertz CT molecular complexity index is 1160. The van der Waals surface area contributed by atoms with Crippen LogP contribution >= 0.6 is 11.6 Å². The Balaban J connectivity index is 1.44. The highest BCUT2D eigenvalue weighted by Crippen LogP contribution is 2.42. The van der Waals surface area contributed by atoms with Gasteiger partial charge in [-0.2, -0.15) is 0 Å². The minimum atomic E-state index is -1.23. The normalized spacial score (nSPS) is 24.6. The van der Waals surface area contributed by atoms with E-state index in [2.05, 4.69) is 30.9 Å². The molecule has 4 N–H and O–H groups in total. The van der Waals surface area contributed by atoms with Gasteiger partial charge in [0.15, 0.2) is 6.23 Å². The molecule has 2 atom stereocenters. The van der Waals surface area contributed by atoms with Gasteiger partial charge in [0.2, 0.25) is 5.91 Å². The van der Waals surface area contributed by atoms with Crippen molar-refractivity contribution in [3.05, 3.63) is 65.0 Å². The summed E-state index contributed by atoms with van der Waals surface area (Å²) in [5, 5.41) is 20.1. The molecule has 0 radical (unpaired) electrons. The van der Waals surface area contributed by atoms with E-state index in [1.54, 1.807) is 37.5 Å². The molecule has 2 fully saturated rings. The number of pyridine rings is 1. The topological polar surface area (TPSA) is 132 Å². The maximum atomic E-state index is 12.7. The summed E-state index contributed by atoms with van der Waals surface area (Å²) in [6, 6.07) is 5.08. The van der Waals surface area contributed by atoms with Gasteiger partial charge in [-0.05, 0) is 38.0 Å². The van der Waals surface area contributed by atoms with Gasteiger partial charge >= 0.3 is 0 Å². The Morgan fingerprint density at radius 3 is 2.72 bits per heavy atom.